The van der Waals surface area contributed by atoms with Gasteiger partial charge in [0.2, 0.25) is 0 Å². The van der Waals surface area contributed by atoms with Crippen molar-refractivity contribution >= 4 is 33.5 Å². The van der Waals surface area contributed by atoms with Crippen LogP contribution < -0.4 is 5.32 Å². The Hall–Kier alpha value is -2.40. The van der Waals surface area contributed by atoms with E-state index in [0.29, 0.717) is 25.0 Å². The molecule has 1 saturated carbocycles. The van der Waals surface area contributed by atoms with E-state index in [2.05, 4.69) is 27.8 Å². The molecule has 1 amide bonds. The van der Waals surface area contributed by atoms with Crippen LogP contribution in [0.3, 0.4) is 0 Å². The molecule has 1 aliphatic carbocycles. The van der Waals surface area contributed by atoms with E-state index >= 15 is 0 Å². The van der Waals surface area contributed by atoms with Gasteiger partial charge in [-0.2, -0.15) is 0 Å². The number of cyclic esters (lactones) is 1. The SMILES string of the molecule is C=C1CC2COC(=O)C2(Cc2ccc(NC(=O)c3ccc(Br)cc3)cc2)C1. The number of rotatable bonds is 4. The topological polar surface area (TPSA) is 55.4 Å². The number of benzene rings is 2. The summed E-state index contributed by atoms with van der Waals surface area (Å²) in [7, 11) is 0. The zero-order valence-electron chi connectivity index (χ0n) is 14.8. The zero-order valence-corrected chi connectivity index (χ0v) is 16.4. The lowest BCUT2D eigenvalue weighted by Gasteiger charge is -2.24. The first kappa shape index (κ1) is 18.0. The molecule has 2 aromatic rings. The van der Waals surface area contributed by atoms with Gasteiger partial charge in [0.05, 0.1) is 12.0 Å². The van der Waals surface area contributed by atoms with Gasteiger partial charge in [-0.25, -0.2) is 0 Å². The summed E-state index contributed by atoms with van der Waals surface area (Å²) >= 11 is 3.36. The number of fused-ring (bicyclic) bond motifs is 1. The Morgan fingerprint density at radius 3 is 2.59 bits per heavy atom. The number of esters is 1. The Labute approximate surface area is 166 Å². The van der Waals surface area contributed by atoms with Crippen LogP contribution >= 0.6 is 15.9 Å². The minimum atomic E-state index is -0.459. The largest absolute Gasteiger partial charge is 0.465 e. The van der Waals surface area contributed by atoms with Gasteiger partial charge in [-0.1, -0.05) is 40.2 Å². The number of carbonyl (C=O) groups is 2. The number of carbonyl (C=O) groups excluding carboxylic acids is 2. The van der Waals surface area contributed by atoms with Crippen LogP contribution in [0.15, 0.2) is 65.2 Å². The van der Waals surface area contributed by atoms with Crippen LogP contribution in [0.1, 0.15) is 28.8 Å². The average Bonchev–Trinajstić information content (AvgIpc) is 3.11. The van der Waals surface area contributed by atoms with Gasteiger partial charge in [-0.15, -0.1) is 0 Å². The van der Waals surface area contributed by atoms with E-state index in [4.69, 9.17) is 4.74 Å². The van der Waals surface area contributed by atoms with Crippen LogP contribution in [0.2, 0.25) is 0 Å². The van der Waals surface area contributed by atoms with Crippen molar-refractivity contribution < 1.29 is 14.3 Å². The summed E-state index contributed by atoms with van der Waals surface area (Å²) in [6.45, 7) is 4.58. The summed E-state index contributed by atoms with van der Waals surface area (Å²) in [5.41, 5.74) is 3.07. The first-order chi connectivity index (χ1) is 13.0. The van der Waals surface area contributed by atoms with Crippen molar-refractivity contribution in [2.24, 2.45) is 11.3 Å². The molecular formula is C22H20BrNO3. The van der Waals surface area contributed by atoms with E-state index in [1.54, 1.807) is 12.1 Å². The van der Waals surface area contributed by atoms with E-state index in [-0.39, 0.29) is 17.8 Å². The molecular weight excluding hydrogens is 406 g/mol. The number of nitrogens with one attached hydrogen (secondary N) is 1. The maximum atomic E-state index is 12.4. The van der Waals surface area contributed by atoms with Crippen molar-refractivity contribution in [3.8, 4) is 0 Å². The lowest BCUT2D eigenvalue weighted by Crippen LogP contribution is -2.31. The second-order valence-corrected chi connectivity index (χ2v) is 8.33. The zero-order chi connectivity index (χ0) is 19.0. The highest BCUT2D eigenvalue weighted by atomic mass is 79.9. The number of hydrogen-bond donors (Lipinski definition) is 1. The summed E-state index contributed by atoms with van der Waals surface area (Å²) in [5.74, 6) is -0.0200. The van der Waals surface area contributed by atoms with Crippen LogP contribution in [-0.2, 0) is 16.0 Å². The number of hydrogen-bond acceptors (Lipinski definition) is 3. The summed E-state index contributed by atoms with van der Waals surface area (Å²) in [6.07, 6.45) is 2.22. The third-order valence-electron chi connectivity index (χ3n) is 5.54. The van der Waals surface area contributed by atoms with Crippen LogP contribution in [0.4, 0.5) is 5.69 Å². The average molecular weight is 426 g/mol. The third-order valence-corrected chi connectivity index (χ3v) is 6.07. The third kappa shape index (κ3) is 3.44. The van der Waals surface area contributed by atoms with Gasteiger partial charge in [0.1, 0.15) is 0 Å². The molecule has 0 bridgehead atoms. The standard InChI is InChI=1S/C22H20BrNO3/c1-14-10-17-13-27-21(26)22(17,11-14)12-15-2-8-19(9-3-15)24-20(25)16-4-6-18(23)7-5-16/h2-9,17H,1,10-13H2,(H,24,25). The number of allylic oxidation sites excluding steroid dienone is 1. The molecule has 5 heteroatoms. The molecule has 1 heterocycles. The number of amides is 1. The van der Waals surface area contributed by atoms with E-state index in [1.165, 1.54) is 0 Å². The molecule has 2 unspecified atom stereocenters. The van der Waals surface area contributed by atoms with Gasteiger partial charge in [0.15, 0.2) is 0 Å². The summed E-state index contributed by atoms with van der Waals surface area (Å²) in [5, 5.41) is 2.90. The minimum Gasteiger partial charge on any atom is -0.465 e. The van der Waals surface area contributed by atoms with Crippen LogP contribution in [0, 0.1) is 11.3 Å². The summed E-state index contributed by atoms with van der Waals surface area (Å²) in [4.78, 5) is 24.7. The normalized spacial score (nSPS) is 23.8. The first-order valence-electron chi connectivity index (χ1n) is 8.96. The summed E-state index contributed by atoms with van der Waals surface area (Å²) < 4.78 is 6.27. The van der Waals surface area contributed by atoms with Crippen molar-refractivity contribution in [2.75, 3.05) is 11.9 Å². The second-order valence-electron chi connectivity index (χ2n) is 7.42. The Morgan fingerprint density at radius 2 is 1.89 bits per heavy atom. The van der Waals surface area contributed by atoms with E-state index in [9.17, 15) is 9.59 Å². The number of anilines is 1. The Balaban J connectivity index is 1.46. The van der Waals surface area contributed by atoms with Crippen molar-refractivity contribution in [1.82, 2.24) is 0 Å². The first-order valence-corrected chi connectivity index (χ1v) is 9.75. The number of ether oxygens (including phenoxy) is 1. The second kappa shape index (κ2) is 6.97. The number of halogens is 1. The van der Waals surface area contributed by atoms with Crippen molar-refractivity contribution in [3.63, 3.8) is 0 Å². The molecule has 2 aromatic carbocycles. The van der Waals surface area contributed by atoms with E-state index in [1.807, 2.05) is 36.4 Å². The van der Waals surface area contributed by atoms with Gasteiger partial charge in [0, 0.05) is 21.6 Å². The quantitative estimate of drug-likeness (QED) is 0.567. The molecule has 0 spiro atoms. The van der Waals surface area contributed by atoms with Gasteiger partial charge < -0.3 is 10.1 Å². The molecule has 4 rings (SSSR count). The maximum absolute atomic E-state index is 12.4. The van der Waals surface area contributed by atoms with Crippen LogP contribution in [0.25, 0.3) is 0 Å². The minimum absolute atomic E-state index is 0.0984. The predicted molar refractivity (Wildman–Crippen MR) is 107 cm³/mol. The molecule has 1 saturated heterocycles. The van der Waals surface area contributed by atoms with E-state index < -0.39 is 5.41 Å². The van der Waals surface area contributed by atoms with Gasteiger partial charge in [0.25, 0.3) is 5.91 Å². The highest BCUT2D eigenvalue weighted by Crippen LogP contribution is 2.52. The van der Waals surface area contributed by atoms with E-state index in [0.717, 1.165) is 27.7 Å². The molecule has 2 atom stereocenters. The van der Waals surface area contributed by atoms with Crippen molar-refractivity contribution in [3.05, 3.63) is 76.3 Å². The molecule has 1 aliphatic heterocycles. The van der Waals surface area contributed by atoms with Gasteiger partial charge in [-0.05, 0) is 61.2 Å². The van der Waals surface area contributed by atoms with Gasteiger partial charge in [-0.3, -0.25) is 9.59 Å². The van der Waals surface area contributed by atoms with Gasteiger partial charge >= 0.3 is 5.97 Å². The molecule has 4 nitrogen and oxygen atoms in total. The lowest BCUT2D eigenvalue weighted by atomic mass is 9.75. The Morgan fingerprint density at radius 1 is 1.19 bits per heavy atom. The predicted octanol–water partition coefficient (Wildman–Crippen LogP) is 4.75. The smallest absolute Gasteiger partial charge is 0.313 e. The van der Waals surface area contributed by atoms with Crippen LogP contribution in [0.5, 0.6) is 0 Å². The van der Waals surface area contributed by atoms with Crippen LogP contribution in [-0.4, -0.2) is 18.5 Å². The molecule has 138 valence electrons. The monoisotopic (exact) mass is 425 g/mol. The molecule has 0 aromatic heterocycles. The fourth-order valence-corrected chi connectivity index (χ4v) is 4.40. The maximum Gasteiger partial charge on any atom is 0.313 e. The van der Waals surface area contributed by atoms with Crippen molar-refractivity contribution in [1.29, 1.82) is 0 Å². The molecule has 1 N–H and O–H groups in total. The Kier molecular flexibility index (Phi) is 4.64. The molecule has 2 fully saturated rings. The highest BCUT2D eigenvalue weighted by molar-refractivity contribution is 9.10. The fourth-order valence-electron chi connectivity index (χ4n) is 4.14. The summed E-state index contributed by atoms with van der Waals surface area (Å²) in [6, 6.07) is 14.9. The Bertz CT molecular complexity index is 904. The fraction of sp³-hybridized carbons (Fsp3) is 0.273. The molecule has 0 radical (unpaired) electrons. The molecule has 27 heavy (non-hydrogen) atoms. The highest BCUT2D eigenvalue weighted by Gasteiger charge is 2.55. The lowest BCUT2D eigenvalue weighted by molar-refractivity contribution is -0.146. The molecule has 2 aliphatic rings. The van der Waals surface area contributed by atoms with Crippen molar-refractivity contribution in [2.45, 2.75) is 19.3 Å².